The quantitative estimate of drug-likeness (QED) is 0.413. The van der Waals surface area contributed by atoms with Gasteiger partial charge in [-0.3, -0.25) is 0 Å². The third kappa shape index (κ3) is 0.211. The average Bonchev–Trinajstić information content (AvgIpc) is 2.48. The molecule has 0 aliphatic heterocycles. The lowest BCUT2D eigenvalue weighted by molar-refractivity contribution is 0.421. The van der Waals surface area contributed by atoms with Gasteiger partial charge in [0.05, 0.1) is 0 Å². The summed E-state index contributed by atoms with van der Waals surface area (Å²) in [6.07, 6.45) is 2.83. The molecule has 0 heteroatoms. The van der Waals surface area contributed by atoms with Crippen LogP contribution >= 0.6 is 0 Å². The van der Waals surface area contributed by atoms with Crippen LogP contribution in [-0.4, -0.2) is 0 Å². The van der Waals surface area contributed by atoms with E-state index in [0.29, 0.717) is 0 Å². The van der Waals surface area contributed by atoms with Crippen LogP contribution < -0.4 is 0 Å². The first-order chi connectivity index (χ1) is 3.89. The zero-order chi connectivity index (χ0) is 5.30. The van der Waals surface area contributed by atoms with E-state index in [0.717, 1.165) is 17.8 Å². The number of allylic oxidation sites excluding steroid dienone is 1. The van der Waals surface area contributed by atoms with Gasteiger partial charge in [0, 0.05) is 0 Å². The third-order valence-electron chi connectivity index (χ3n) is 3.25. The largest absolute Gasteiger partial charge is 0.0996 e. The molecule has 0 radical (unpaired) electrons. The minimum atomic E-state index is 1.04. The molecule has 0 heterocycles. The van der Waals surface area contributed by atoms with Gasteiger partial charge in [0.15, 0.2) is 0 Å². The van der Waals surface area contributed by atoms with Crippen LogP contribution in [0.5, 0.6) is 0 Å². The summed E-state index contributed by atoms with van der Waals surface area (Å²) in [5.41, 5.74) is 1.57. The van der Waals surface area contributed by atoms with Crippen LogP contribution in [0.15, 0.2) is 12.2 Å². The normalized spacial score (nSPS) is 64.8. The number of rotatable bonds is 0. The van der Waals surface area contributed by atoms with Gasteiger partial charge in [0.25, 0.3) is 0 Å². The summed E-state index contributed by atoms with van der Waals surface area (Å²) < 4.78 is 0. The summed E-state index contributed by atoms with van der Waals surface area (Å²) in [5, 5.41) is 0. The van der Waals surface area contributed by atoms with Gasteiger partial charge in [0.1, 0.15) is 0 Å². The van der Waals surface area contributed by atoms with Gasteiger partial charge in [-0.2, -0.15) is 0 Å². The second-order valence-electron chi connectivity index (χ2n) is 3.54. The molecule has 8 heavy (non-hydrogen) atoms. The first kappa shape index (κ1) is 3.71. The second kappa shape index (κ2) is 0.792. The predicted octanol–water partition coefficient (Wildman–Crippen LogP) is 1.83. The Morgan fingerprint density at radius 2 is 2.12 bits per heavy atom. The van der Waals surface area contributed by atoms with Crippen molar-refractivity contribution in [2.75, 3.05) is 0 Å². The molecule has 2 atom stereocenters. The third-order valence-corrected chi connectivity index (χ3v) is 3.25. The van der Waals surface area contributed by atoms with Crippen LogP contribution in [0.2, 0.25) is 0 Å². The number of fused-ring (bicyclic) bond motifs is 2. The highest BCUT2D eigenvalue weighted by atomic mass is 14.8. The fourth-order valence-corrected chi connectivity index (χ4v) is 2.62. The molecule has 2 unspecified atom stereocenters. The molecule has 0 amide bonds. The summed E-state index contributed by atoms with van der Waals surface area (Å²) >= 11 is 0. The topological polar surface area (TPSA) is 0 Å². The average molecular weight is 106 g/mol. The van der Waals surface area contributed by atoms with Gasteiger partial charge in [-0.1, -0.05) is 12.2 Å². The fraction of sp³-hybridized carbons (Fsp3) is 0.750. The minimum Gasteiger partial charge on any atom is -0.0996 e. The van der Waals surface area contributed by atoms with Crippen molar-refractivity contribution in [3.05, 3.63) is 12.2 Å². The Kier molecular flexibility index (Phi) is 0.367. The zero-order valence-corrected chi connectivity index (χ0v) is 4.93. The molecule has 4 fully saturated rings. The highest BCUT2D eigenvalue weighted by molar-refractivity contribution is 5.34. The van der Waals surface area contributed by atoms with E-state index in [9.17, 15) is 0 Å². The van der Waals surface area contributed by atoms with Crippen molar-refractivity contribution in [2.24, 2.45) is 23.7 Å². The first-order valence-electron chi connectivity index (χ1n) is 3.57. The number of hydrogen-bond acceptors (Lipinski definition) is 0. The van der Waals surface area contributed by atoms with Crippen molar-refractivity contribution < 1.29 is 0 Å². The molecule has 2 bridgehead atoms. The molecule has 0 aromatic rings. The lowest BCUT2D eigenvalue weighted by Gasteiger charge is -2.20. The highest BCUT2D eigenvalue weighted by Crippen LogP contribution is 2.79. The molecule has 0 saturated heterocycles. The standard InChI is InChI=1S/C8H10/c1-4-2-3-5-7-6(4)8(5)7/h5-8H,1-3H2. The van der Waals surface area contributed by atoms with Crippen molar-refractivity contribution in [3.8, 4) is 0 Å². The van der Waals surface area contributed by atoms with Crippen LogP contribution in [0.4, 0.5) is 0 Å². The van der Waals surface area contributed by atoms with E-state index in [1.54, 1.807) is 5.57 Å². The molecule has 4 rings (SSSR count). The molecule has 0 nitrogen and oxygen atoms in total. The maximum absolute atomic E-state index is 4.05. The van der Waals surface area contributed by atoms with E-state index >= 15 is 0 Å². The molecule has 0 aromatic carbocycles. The Morgan fingerprint density at radius 3 is 2.50 bits per heavy atom. The zero-order valence-electron chi connectivity index (χ0n) is 4.93. The molecular formula is C8H10. The lowest BCUT2D eigenvalue weighted by atomic mass is 9.85. The van der Waals surface area contributed by atoms with E-state index in [1.807, 2.05) is 0 Å². The molecule has 4 aliphatic carbocycles. The van der Waals surface area contributed by atoms with Gasteiger partial charge < -0.3 is 0 Å². The van der Waals surface area contributed by atoms with Crippen LogP contribution in [0.3, 0.4) is 0 Å². The minimum absolute atomic E-state index is 1.04. The van der Waals surface area contributed by atoms with Gasteiger partial charge >= 0.3 is 0 Å². The van der Waals surface area contributed by atoms with Crippen molar-refractivity contribution in [2.45, 2.75) is 12.8 Å². The van der Waals surface area contributed by atoms with Gasteiger partial charge in [-0.05, 0) is 36.5 Å². The van der Waals surface area contributed by atoms with Crippen LogP contribution in [0, 0.1) is 23.7 Å². The Labute approximate surface area is 49.6 Å². The Balaban J connectivity index is 1.98. The Bertz CT molecular complexity index is 159. The predicted molar refractivity (Wildman–Crippen MR) is 32.3 cm³/mol. The van der Waals surface area contributed by atoms with Crippen molar-refractivity contribution in [1.82, 2.24) is 0 Å². The summed E-state index contributed by atoms with van der Waals surface area (Å²) in [7, 11) is 0. The summed E-state index contributed by atoms with van der Waals surface area (Å²) in [4.78, 5) is 0. The first-order valence-corrected chi connectivity index (χ1v) is 3.57. The number of hydrogen-bond donors (Lipinski definition) is 0. The molecule has 0 aromatic heterocycles. The molecule has 0 N–H and O–H groups in total. The van der Waals surface area contributed by atoms with Crippen molar-refractivity contribution in [3.63, 3.8) is 0 Å². The van der Waals surface area contributed by atoms with E-state index in [4.69, 9.17) is 0 Å². The Morgan fingerprint density at radius 1 is 1.38 bits per heavy atom. The molecule has 42 valence electrons. The van der Waals surface area contributed by atoms with Gasteiger partial charge in [0.2, 0.25) is 0 Å². The molecule has 4 saturated carbocycles. The van der Waals surface area contributed by atoms with Crippen LogP contribution in [0.25, 0.3) is 0 Å². The van der Waals surface area contributed by atoms with E-state index in [-0.39, 0.29) is 0 Å². The monoisotopic (exact) mass is 106 g/mol. The summed E-state index contributed by atoms with van der Waals surface area (Å²) in [6, 6.07) is 0. The molecule has 0 spiro atoms. The van der Waals surface area contributed by atoms with Crippen molar-refractivity contribution in [1.29, 1.82) is 0 Å². The van der Waals surface area contributed by atoms with E-state index in [2.05, 4.69) is 6.58 Å². The van der Waals surface area contributed by atoms with E-state index < -0.39 is 0 Å². The molecular weight excluding hydrogens is 96.1 g/mol. The summed E-state index contributed by atoms with van der Waals surface area (Å²) in [5.74, 6) is 4.55. The smallest absolute Gasteiger partial charge is 0.0138 e. The van der Waals surface area contributed by atoms with Gasteiger partial charge in [-0.15, -0.1) is 0 Å². The maximum atomic E-state index is 4.05. The summed E-state index contributed by atoms with van der Waals surface area (Å²) in [6.45, 7) is 4.05. The van der Waals surface area contributed by atoms with Gasteiger partial charge in [-0.25, -0.2) is 0 Å². The van der Waals surface area contributed by atoms with Crippen LogP contribution in [0.1, 0.15) is 12.8 Å². The fourth-order valence-electron chi connectivity index (χ4n) is 2.62. The SMILES string of the molecule is C=C1CCC2C3C1C23. The van der Waals surface area contributed by atoms with E-state index in [1.165, 1.54) is 18.8 Å². The van der Waals surface area contributed by atoms with Crippen LogP contribution in [-0.2, 0) is 0 Å². The second-order valence-corrected chi connectivity index (χ2v) is 3.54. The highest BCUT2D eigenvalue weighted by Gasteiger charge is 2.74. The molecule has 4 aliphatic rings. The van der Waals surface area contributed by atoms with Crippen molar-refractivity contribution >= 4 is 0 Å². The maximum Gasteiger partial charge on any atom is -0.0138 e. The lowest BCUT2D eigenvalue weighted by Crippen LogP contribution is -2.10. The Hall–Kier alpha value is -0.260.